The molecule has 0 fully saturated rings. The van der Waals surface area contributed by atoms with E-state index >= 15 is 4.39 Å². The van der Waals surface area contributed by atoms with E-state index in [1.54, 1.807) is 12.3 Å². The summed E-state index contributed by atoms with van der Waals surface area (Å²) in [5.74, 6) is 1.90. The fraction of sp³-hybridized carbons (Fsp3) is 0.267. The fourth-order valence-electron chi connectivity index (χ4n) is 6.65. The first-order chi connectivity index (χ1) is 17.5. The molecule has 0 radical (unpaired) electrons. The lowest BCUT2D eigenvalue weighted by molar-refractivity contribution is 0.172. The predicted molar refractivity (Wildman–Crippen MR) is 136 cm³/mol. The van der Waals surface area contributed by atoms with Gasteiger partial charge in [-0.3, -0.25) is 4.98 Å². The Labute approximate surface area is 208 Å². The molecule has 5 aromatic rings. The van der Waals surface area contributed by atoms with Crippen LogP contribution in [-0.2, 0) is 18.3 Å². The zero-order valence-electron chi connectivity index (χ0n) is 20.2. The van der Waals surface area contributed by atoms with Crippen molar-refractivity contribution in [1.82, 2.24) is 20.1 Å². The van der Waals surface area contributed by atoms with Gasteiger partial charge in [-0.15, -0.1) is 0 Å². The number of pyridine rings is 1. The van der Waals surface area contributed by atoms with Gasteiger partial charge in [-0.05, 0) is 49.4 Å². The summed E-state index contributed by atoms with van der Waals surface area (Å²) >= 11 is 0. The van der Waals surface area contributed by atoms with Crippen molar-refractivity contribution in [2.45, 2.75) is 44.4 Å². The molecule has 6 heteroatoms. The molecule has 0 saturated heterocycles. The maximum atomic E-state index is 15.2. The molecule has 2 aliphatic rings. The highest BCUT2D eigenvalue weighted by Gasteiger charge is 2.50. The topological polar surface area (TPSA) is 64.7 Å². The van der Waals surface area contributed by atoms with Gasteiger partial charge in [-0.25, -0.2) is 14.4 Å². The monoisotopic (exact) mass is 476 g/mol. The lowest BCUT2D eigenvalue weighted by atomic mass is 9.56. The molecular formula is C30H25FN4O. The van der Waals surface area contributed by atoms with E-state index in [0.29, 0.717) is 23.0 Å². The molecule has 0 unspecified atom stereocenters. The smallest absolute Gasteiger partial charge is 0.160 e. The van der Waals surface area contributed by atoms with Crippen molar-refractivity contribution in [2.75, 3.05) is 0 Å². The number of hydrogen-bond donors (Lipinski definition) is 0. The first-order valence-electron chi connectivity index (χ1n) is 12.5. The SMILES string of the molecule is C[C@H]1c2oncc2C[C@@]2(C)c3nc(-c4ccnc5ccccc45)nc(-c4ccccc4F)c3CC[C@H]12. The Kier molecular flexibility index (Phi) is 4.62. The average molecular weight is 477 g/mol. The number of benzene rings is 2. The third-order valence-corrected chi connectivity index (χ3v) is 8.34. The second kappa shape index (κ2) is 7.79. The van der Waals surface area contributed by atoms with E-state index in [-0.39, 0.29) is 17.2 Å². The predicted octanol–water partition coefficient (Wildman–Crippen LogP) is 6.67. The number of nitrogens with zero attached hydrogens (tertiary/aromatic N) is 4. The van der Waals surface area contributed by atoms with Crippen molar-refractivity contribution < 1.29 is 8.91 Å². The molecule has 0 amide bonds. The van der Waals surface area contributed by atoms with Gasteiger partial charge in [0.2, 0.25) is 0 Å². The van der Waals surface area contributed by atoms with E-state index < -0.39 is 0 Å². The van der Waals surface area contributed by atoms with E-state index in [4.69, 9.17) is 14.5 Å². The molecule has 0 bridgehead atoms. The number of rotatable bonds is 2. The van der Waals surface area contributed by atoms with E-state index in [1.807, 2.05) is 48.7 Å². The summed E-state index contributed by atoms with van der Waals surface area (Å²) in [6, 6.07) is 16.9. The fourth-order valence-corrected chi connectivity index (χ4v) is 6.65. The molecule has 2 aromatic carbocycles. The molecular weight excluding hydrogens is 451 g/mol. The summed E-state index contributed by atoms with van der Waals surface area (Å²) in [5, 5.41) is 5.09. The van der Waals surface area contributed by atoms with Crippen LogP contribution in [0.15, 0.2) is 71.5 Å². The van der Waals surface area contributed by atoms with Gasteiger partial charge in [0.1, 0.15) is 11.6 Å². The standard InChI is InChI=1S/C30H25FN4O/c1-17-23-12-11-22-26(21-8-3-5-9-24(21)31)34-29(20-13-14-32-25-10-6-4-7-19(20)25)35-28(22)30(23,2)15-18-16-33-36-27(17)18/h3-10,13-14,16-17,23H,11-12,15H2,1-2H3/t17-,23-,30-/m1/s1. The maximum absolute atomic E-state index is 15.2. The van der Waals surface area contributed by atoms with Gasteiger partial charge in [-0.1, -0.05) is 49.3 Å². The third kappa shape index (κ3) is 3.00. The summed E-state index contributed by atoms with van der Waals surface area (Å²) < 4.78 is 20.8. The molecule has 5 nitrogen and oxygen atoms in total. The second-order valence-electron chi connectivity index (χ2n) is 10.3. The van der Waals surface area contributed by atoms with Crippen LogP contribution in [0, 0.1) is 11.7 Å². The minimum atomic E-state index is -0.269. The normalized spacial score (nSPS) is 22.6. The van der Waals surface area contributed by atoms with E-state index in [1.165, 1.54) is 6.07 Å². The highest BCUT2D eigenvalue weighted by Crippen LogP contribution is 2.54. The molecule has 0 aliphatic heterocycles. The molecule has 178 valence electrons. The number of halogens is 1. The third-order valence-electron chi connectivity index (χ3n) is 8.34. The largest absolute Gasteiger partial charge is 0.361 e. The first kappa shape index (κ1) is 21.4. The van der Waals surface area contributed by atoms with Crippen molar-refractivity contribution in [2.24, 2.45) is 5.92 Å². The van der Waals surface area contributed by atoms with Gasteiger partial charge in [-0.2, -0.15) is 0 Å². The number of hydrogen-bond acceptors (Lipinski definition) is 5. The van der Waals surface area contributed by atoms with Crippen molar-refractivity contribution in [3.05, 3.63) is 95.4 Å². The Bertz CT molecular complexity index is 1640. The minimum absolute atomic E-state index is 0.228. The number of para-hydroxylation sites is 1. The van der Waals surface area contributed by atoms with E-state index in [9.17, 15) is 0 Å². The van der Waals surface area contributed by atoms with Crippen LogP contribution in [-0.4, -0.2) is 20.1 Å². The van der Waals surface area contributed by atoms with Crippen LogP contribution in [0.3, 0.4) is 0 Å². The van der Waals surface area contributed by atoms with Crippen LogP contribution in [0.4, 0.5) is 4.39 Å². The van der Waals surface area contributed by atoms with Crippen LogP contribution in [0.2, 0.25) is 0 Å². The molecule has 0 N–H and O–H groups in total. The second-order valence-corrected chi connectivity index (χ2v) is 10.3. The lowest BCUT2D eigenvalue weighted by Gasteiger charge is -2.47. The summed E-state index contributed by atoms with van der Waals surface area (Å²) in [4.78, 5) is 14.9. The van der Waals surface area contributed by atoms with Gasteiger partial charge in [0.25, 0.3) is 0 Å². The summed E-state index contributed by atoms with van der Waals surface area (Å²) in [7, 11) is 0. The van der Waals surface area contributed by atoms with Gasteiger partial charge >= 0.3 is 0 Å². The molecule has 0 saturated carbocycles. The quantitative estimate of drug-likeness (QED) is 0.285. The summed E-state index contributed by atoms with van der Waals surface area (Å²) in [6.07, 6.45) is 6.19. The van der Waals surface area contributed by atoms with Gasteiger partial charge in [0.05, 0.1) is 23.1 Å². The summed E-state index contributed by atoms with van der Waals surface area (Å²) in [5.41, 5.74) is 5.96. The van der Waals surface area contributed by atoms with E-state index in [2.05, 4.69) is 24.0 Å². The number of fused-ring (bicyclic) bond motifs is 5. The van der Waals surface area contributed by atoms with Crippen molar-refractivity contribution in [3.63, 3.8) is 0 Å². The summed E-state index contributed by atoms with van der Waals surface area (Å²) in [6.45, 7) is 4.53. The van der Waals surface area contributed by atoms with Crippen LogP contribution < -0.4 is 0 Å². The minimum Gasteiger partial charge on any atom is -0.361 e. The molecule has 7 rings (SSSR count). The van der Waals surface area contributed by atoms with Crippen LogP contribution >= 0.6 is 0 Å². The average Bonchev–Trinajstić information content (AvgIpc) is 3.36. The van der Waals surface area contributed by atoms with Crippen molar-refractivity contribution >= 4 is 10.9 Å². The Hall–Kier alpha value is -3.93. The first-order valence-corrected chi connectivity index (χ1v) is 12.5. The molecule has 0 spiro atoms. The highest BCUT2D eigenvalue weighted by molar-refractivity contribution is 5.92. The Morgan fingerprint density at radius 1 is 1.00 bits per heavy atom. The Morgan fingerprint density at radius 2 is 1.83 bits per heavy atom. The Balaban J connectivity index is 1.53. The van der Waals surface area contributed by atoms with Crippen molar-refractivity contribution in [3.8, 4) is 22.6 Å². The van der Waals surface area contributed by atoms with Crippen LogP contribution in [0.1, 0.15) is 48.8 Å². The van der Waals surface area contributed by atoms with Gasteiger partial charge in [0.15, 0.2) is 5.82 Å². The van der Waals surface area contributed by atoms with Gasteiger partial charge < -0.3 is 4.52 Å². The van der Waals surface area contributed by atoms with Crippen LogP contribution in [0.25, 0.3) is 33.5 Å². The highest BCUT2D eigenvalue weighted by atomic mass is 19.1. The Morgan fingerprint density at radius 3 is 2.72 bits per heavy atom. The molecule has 2 aliphatic carbocycles. The zero-order valence-corrected chi connectivity index (χ0v) is 20.2. The molecule has 3 atom stereocenters. The zero-order chi connectivity index (χ0) is 24.4. The van der Waals surface area contributed by atoms with Crippen molar-refractivity contribution in [1.29, 1.82) is 0 Å². The number of aromatic nitrogens is 4. The molecule has 3 heterocycles. The maximum Gasteiger partial charge on any atom is 0.160 e. The lowest BCUT2D eigenvalue weighted by Crippen LogP contribution is -2.45. The van der Waals surface area contributed by atoms with Gasteiger partial charge in [0, 0.05) is 45.2 Å². The molecule has 3 aromatic heterocycles. The van der Waals surface area contributed by atoms with Crippen LogP contribution in [0.5, 0.6) is 0 Å². The van der Waals surface area contributed by atoms with E-state index in [0.717, 1.165) is 58.3 Å². The molecule has 36 heavy (non-hydrogen) atoms.